The van der Waals surface area contributed by atoms with Crippen molar-refractivity contribution in [2.75, 3.05) is 20.8 Å². The van der Waals surface area contributed by atoms with Gasteiger partial charge in [0.2, 0.25) is 0 Å². The number of ether oxygens (including phenoxy) is 3. The molecule has 1 atom stereocenters. The summed E-state index contributed by atoms with van der Waals surface area (Å²) in [7, 11) is 3.07. The van der Waals surface area contributed by atoms with Gasteiger partial charge in [-0.05, 0) is 37.0 Å². The second-order valence-corrected chi connectivity index (χ2v) is 4.66. The summed E-state index contributed by atoms with van der Waals surface area (Å²) < 4.78 is 15.5. The number of carbonyl (C=O) groups excluding carboxylic acids is 1. The van der Waals surface area contributed by atoms with Crippen molar-refractivity contribution in [3.63, 3.8) is 0 Å². The Balaban J connectivity index is 2.60. The Hall–Kier alpha value is -1.55. The Morgan fingerprint density at radius 1 is 1.20 bits per heavy atom. The average molecular weight is 280 g/mol. The van der Waals surface area contributed by atoms with Gasteiger partial charge >= 0.3 is 5.97 Å². The summed E-state index contributed by atoms with van der Waals surface area (Å²) in [5, 5.41) is 0. The molecule has 4 nitrogen and oxygen atoms in total. The molecule has 0 saturated heterocycles. The van der Waals surface area contributed by atoms with Gasteiger partial charge in [-0.3, -0.25) is 0 Å². The van der Waals surface area contributed by atoms with E-state index in [1.165, 1.54) is 12.7 Å². The lowest BCUT2D eigenvalue weighted by atomic mass is 10.1. The number of hydrogen-bond donors (Lipinski definition) is 0. The fourth-order valence-corrected chi connectivity index (χ4v) is 1.86. The molecule has 0 amide bonds. The van der Waals surface area contributed by atoms with E-state index in [2.05, 4.69) is 6.92 Å². The zero-order valence-corrected chi connectivity index (χ0v) is 12.6. The number of esters is 1. The molecule has 0 radical (unpaired) electrons. The first kappa shape index (κ1) is 16.5. The number of rotatable bonds is 9. The molecule has 112 valence electrons. The monoisotopic (exact) mass is 280 g/mol. The Kier molecular flexibility index (Phi) is 7.73. The number of unbranched alkanes of at least 4 members (excludes halogenated alkanes) is 1. The number of carbonyl (C=O) groups is 1. The summed E-state index contributed by atoms with van der Waals surface area (Å²) in [4.78, 5) is 11.7. The van der Waals surface area contributed by atoms with Crippen LogP contribution < -0.4 is 4.74 Å². The van der Waals surface area contributed by atoms with Crippen LogP contribution in [0.25, 0.3) is 0 Å². The van der Waals surface area contributed by atoms with Crippen molar-refractivity contribution in [2.24, 2.45) is 0 Å². The zero-order chi connectivity index (χ0) is 14.8. The summed E-state index contributed by atoms with van der Waals surface area (Å²) in [5.74, 6) is 0.375. The highest BCUT2D eigenvalue weighted by Gasteiger charge is 2.20. The molecular weight excluding hydrogens is 256 g/mol. The van der Waals surface area contributed by atoms with Crippen LogP contribution in [0.4, 0.5) is 0 Å². The molecule has 0 aliphatic carbocycles. The molecule has 1 rings (SSSR count). The van der Waals surface area contributed by atoms with Crippen molar-refractivity contribution in [2.45, 2.75) is 38.7 Å². The molecule has 4 heteroatoms. The summed E-state index contributed by atoms with van der Waals surface area (Å²) in [6, 6.07) is 7.74. The Morgan fingerprint density at radius 3 is 2.45 bits per heavy atom. The predicted molar refractivity (Wildman–Crippen MR) is 78.0 cm³/mol. The van der Waals surface area contributed by atoms with E-state index in [1.807, 2.05) is 24.3 Å². The lowest BCUT2D eigenvalue weighted by molar-refractivity contribution is -0.149. The molecule has 0 spiro atoms. The van der Waals surface area contributed by atoms with E-state index in [0.29, 0.717) is 18.8 Å². The number of methoxy groups -OCH3 is 2. The largest absolute Gasteiger partial charge is 0.479 e. The van der Waals surface area contributed by atoms with Crippen LogP contribution >= 0.6 is 0 Å². The van der Waals surface area contributed by atoms with Crippen molar-refractivity contribution in [3.05, 3.63) is 29.8 Å². The third-order valence-electron chi connectivity index (χ3n) is 3.08. The maximum atomic E-state index is 11.7. The first-order valence-electron chi connectivity index (χ1n) is 7.03. The molecule has 0 bridgehead atoms. The van der Waals surface area contributed by atoms with Crippen LogP contribution in [0, 0.1) is 0 Å². The molecule has 0 aromatic heterocycles. The van der Waals surface area contributed by atoms with Crippen LogP contribution in [0.1, 0.15) is 31.7 Å². The van der Waals surface area contributed by atoms with Crippen LogP contribution in [0.5, 0.6) is 5.75 Å². The van der Waals surface area contributed by atoms with E-state index in [1.54, 1.807) is 7.11 Å². The van der Waals surface area contributed by atoms with Gasteiger partial charge in [0.1, 0.15) is 5.75 Å². The molecule has 0 N–H and O–H groups in total. The van der Waals surface area contributed by atoms with E-state index in [-0.39, 0.29) is 5.97 Å². The van der Waals surface area contributed by atoms with Crippen LogP contribution in [-0.4, -0.2) is 32.9 Å². The van der Waals surface area contributed by atoms with Crippen molar-refractivity contribution >= 4 is 5.97 Å². The second kappa shape index (κ2) is 9.37. The molecular formula is C16H24O4. The minimum absolute atomic E-state index is 0.318. The molecule has 0 heterocycles. The van der Waals surface area contributed by atoms with Gasteiger partial charge in [-0.25, -0.2) is 4.79 Å². The number of hydrogen-bond acceptors (Lipinski definition) is 4. The van der Waals surface area contributed by atoms with Gasteiger partial charge in [-0.1, -0.05) is 25.5 Å². The molecule has 1 unspecified atom stereocenters. The van der Waals surface area contributed by atoms with Crippen molar-refractivity contribution in [1.29, 1.82) is 0 Å². The second-order valence-electron chi connectivity index (χ2n) is 4.66. The van der Waals surface area contributed by atoms with Gasteiger partial charge in [0.25, 0.3) is 0 Å². The Labute approximate surface area is 121 Å². The average Bonchev–Trinajstić information content (AvgIpc) is 2.49. The smallest absolute Gasteiger partial charge is 0.347 e. The molecule has 20 heavy (non-hydrogen) atoms. The highest BCUT2D eigenvalue weighted by Crippen LogP contribution is 2.17. The van der Waals surface area contributed by atoms with E-state index in [4.69, 9.17) is 14.2 Å². The van der Waals surface area contributed by atoms with Gasteiger partial charge < -0.3 is 14.2 Å². The van der Waals surface area contributed by atoms with Crippen molar-refractivity contribution in [1.82, 2.24) is 0 Å². The SMILES string of the molecule is CCCCC(Oc1ccc(CCOC)cc1)C(=O)OC. The topological polar surface area (TPSA) is 44.8 Å². The fourth-order valence-electron chi connectivity index (χ4n) is 1.86. The predicted octanol–water partition coefficient (Wildman–Crippen LogP) is 2.99. The Bertz CT molecular complexity index is 386. The summed E-state index contributed by atoms with van der Waals surface area (Å²) in [6.07, 6.45) is 2.98. The van der Waals surface area contributed by atoms with Crippen LogP contribution in [-0.2, 0) is 20.7 Å². The normalized spacial score (nSPS) is 11.9. The third kappa shape index (κ3) is 5.61. The molecule has 0 aliphatic heterocycles. The van der Waals surface area contributed by atoms with E-state index in [9.17, 15) is 4.79 Å². The Morgan fingerprint density at radius 2 is 1.90 bits per heavy atom. The van der Waals surface area contributed by atoms with Crippen molar-refractivity contribution in [3.8, 4) is 5.75 Å². The van der Waals surface area contributed by atoms with Gasteiger partial charge in [-0.2, -0.15) is 0 Å². The molecule has 0 saturated carbocycles. The van der Waals surface area contributed by atoms with Crippen LogP contribution in [0.3, 0.4) is 0 Å². The first-order chi connectivity index (χ1) is 9.71. The van der Waals surface area contributed by atoms with E-state index < -0.39 is 6.10 Å². The van der Waals surface area contributed by atoms with Gasteiger partial charge in [0, 0.05) is 7.11 Å². The summed E-state index contributed by atoms with van der Waals surface area (Å²) >= 11 is 0. The van der Waals surface area contributed by atoms with Crippen LogP contribution in [0.15, 0.2) is 24.3 Å². The highest BCUT2D eigenvalue weighted by molar-refractivity contribution is 5.74. The van der Waals surface area contributed by atoms with Gasteiger partial charge in [0.15, 0.2) is 6.10 Å². The minimum Gasteiger partial charge on any atom is -0.479 e. The van der Waals surface area contributed by atoms with Gasteiger partial charge in [-0.15, -0.1) is 0 Å². The van der Waals surface area contributed by atoms with E-state index >= 15 is 0 Å². The minimum atomic E-state index is -0.523. The zero-order valence-electron chi connectivity index (χ0n) is 12.6. The third-order valence-corrected chi connectivity index (χ3v) is 3.08. The summed E-state index contributed by atoms with van der Waals surface area (Å²) in [5.41, 5.74) is 1.18. The summed E-state index contributed by atoms with van der Waals surface area (Å²) in [6.45, 7) is 2.78. The number of benzene rings is 1. The van der Waals surface area contributed by atoms with E-state index in [0.717, 1.165) is 19.3 Å². The van der Waals surface area contributed by atoms with Crippen LogP contribution in [0.2, 0.25) is 0 Å². The molecule has 1 aromatic carbocycles. The molecule has 0 aliphatic rings. The molecule has 0 fully saturated rings. The van der Waals surface area contributed by atoms with Gasteiger partial charge in [0.05, 0.1) is 13.7 Å². The first-order valence-corrected chi connectivity index (χ1v) is 7.03. The molecule has 1 aromatic rings. The fraction of sp³-hybridized carbons (Fsp3) is 0.562. The lowest BCUT2D eigenvalue weighted by Gasteiger charge is -2.16. The quantitative estimate of drug-likeness (QED) is 0.652. The highest BCUT2D eigenvalue weighted by atomic mass is 16.6. The maximum absolute atomic E-state index is 11.7. The standard InChI is InChI=1S/C16H24O4/c1-4-5-6-15(16(17)19-3)20-14-9-7-13(8-10-14)11-12-18-2/h7-10,15H,4-6,11-12H2,1-3H3. The maximum Gasteiger partial charge on any atom is 0.347 e. The van der Waals surface area contributed by atoms with Crippen molar-refractivity contribution < 1.29 is 19.0 Å². The lowest BCUT2D eigenvalue weighted by Crippen LogP contribution is -2.28.